The maximum atomic E-state index is 13.9. The number of piperidine rings is 8. The van der Waals surface area contributed by atoms with Crippen LogP contribution in [0.25, 0.3) is 32.3 Å². The number of anilines is 3. The fourth-order valence-electron chi connectivity index (χ4n) is 22.7. The van der Waals surface area contributed by atoms with Crippen molar-refractivity contribution in [2.24, 2.45) is 35.5 Å². The molecule has 0 spiro atoms. The number of likely N-dealkylation sites (tertiary alicyclic amines) is 3. The highest BCUT2D eigenvalue weighted by atomic mass is 32.2. The molecular weight excluding hydrogens is 1830 g/mol. The number of hydrogen-bond donors (Lipinski definition) is 0. The van der Waals surface area contributed by atoms with Crippen LogP contribution >= 0.6 is 0 Å². The fourth-order valence-corrected chi connectivity index (χ4v) is 27.8. The first-order chi connectivity index (χ1) is 64.0. The molecule has 0 bridgehead atoms. The van der Waals surface area contributed by atoms with Gasteiger partial charge < -0.3 is 28.9 Å². The summed E-state index contributed by atoms with van der Waals surface area (Å²) in [6.45, 7) is 13.7. The number of carbonyl (C=O) groups is 6. The van der Waals surface area contributed by atoms with Crippen molar-refractivity contribution in [3.05, 3.63) is 143 Å². The van der Waals surface area contributed by atoms with Crippen molar-refractivity contribution in [2.75, 3.05) is 171 Å². The number of benzene rings is 6. The van der Waals surface area contributed by atoms with Crippen LogP contribution in [-0.2, 0) is 95.3 Å². The number of rotatable bonds is 30. The molecule has 1 aromatic heterocycles. The average Bonchev–Trinajstić information content (AvgIpc) is 1.59. The summed E-state index contributed by atoms with van der Waals surface area (Å²) >= 11 is -0.750. The lowest BCUT2D eigenvalue weighted by atomic mass is 9.88. The molecule has 11 aliphatic rings. The Morgan fingerprint density at radius 2 is 0.716 bits per heavy atom. The number of nitrogens with zero attached hydrogens (tertiary/aromatic N) is 11. The Bertz CT molecular complexity index is 6120. The molecular formula is C98H131N11O19S6. The quantitative estimate of drug-likeness (QED) is 0.0403. The van der Waals surface area contributed by atoms with E-state index < -0.39 is 67.7 Å². The van der Waals surface area contributed by atoms with Crippen LogP contribution in [-0.4, -0.2) is 290 Å². The number of carbonyl (C=O) groups excluding carboxylic acids is 6. The van der Waals surface area contributed by atoms with Gasteiger partial charge in [-0.1, -0.05) is 67.4 Å². The summed E-state index contributed by atoms with van der Waals surface area (Å²) in [6, 6.07) is 31.3. The minimum atomic E-state index is -3.93. The average molecular weight is 1960 g/mol. The summed E-state index contributed by atoms with van der Waals surface area (Å²) in [5.41, 5.74) is 7.44. The summed E-state index contributed by atoms with van der Waals surface area (Å²) in [4.78, 5) is 94.6. The molecule has 0 saturated carbocycles. The molecule has 6 aromatic carbocycles. The van der Waals surface area contributed by atoms with Gasteiger partial charge in [-0.25, -0.2) is 59.3 Å². The Labute approximate surface area is 794 Å². The Hall–Kier alpha value is -7.95. The Morgan fingerprint density at radius 3 is 1.10 bits per heavy atom. The lowest BCUT2D eigenvalue weighted by molar-refractivity contribution is -0.125. The van der Waals surface area contributed by atoms with Crippen LogP contribution in [0.3, 0.4) is 0 Å². The minimum Gasteiger partial charge on any atom is -0.452 e. The van der Waals surface area contributed by atoms with Crippen LogP contribution in [0, 0.1) is 35.5 Å². The van der Waals surface area contributed by atoms with Crippen LogP contribution in [0.2, 0.25) is 0 Å². The van der Waals surface area contributed by atoms with Crippen LogP contribution in [0.4, 0.5) is 17.1 Å². The Kier molecular flexibility index (Phi) is 32.7. The van der Waals surface area contributed by atoms with Gasteiger partial charge in [0, 0.05) is 143 Å². The fraction of sp³-hybridized carbons (Fsp3) is 0.592. The van der Waals surface area contributed by atoms with Gasteiger partial charge in [0.25, 0.3) is 27.7 Å². The minimum absolute atomic E-state index is 0.00141. The van der Waals surface area contributed by atoms with E-state index >= 15 is 0 Å². The van der Waals surface area contributed by atoms with Crippen LogP contribution in [0.5, 0.6) is 0 Å². The zero-order valence-corrected chi connectivity index (χ0v) is 82.9. The SMILES string of the molecule is CN1CCC(CCN2CCCC(C(=O)Cc3ccc4c5c(cccc35)C(=O)N4CCC3CCN(S(C)(=O)=O)CC3)C2)CC1.CS(=O)(=O)N1CCC(CCN2C(=O)c3cccc4c(CC(=O)C5CCCCN5CCC5CCN(S(C)(=O)=O)CC5)ccc2c34)CC1.CS(=O)(=O)N1CCC(CCN2C(=O)c3cccc4c(CC(=O)C5CCCCN5S(=O)(=O)c5ccco5)ccc2c34)CC1.O=S=O. The van der Waals surface area contributed by atoms with Crippen molar-refractivity contribution < 1.29 is 83.7 Å². The van der Waals surface area contributed by atoms with Gasteiger partial charge in [-0.2, -0.15) is 12.7 Å². The molecule has 0 radical (unpaired) electrons. The number of amides is 3. The van der Waals surface area contributed by atoms with Gasteiger partial charge in [0.15, 0.2) is 11.6 Å². The van der Waals surface area contributed by atoms with Gasteiger partial charge in [-0.15, -0.1) is 0 Å². The van der Waals surface area contributed by atoms with Crippen molar-refractivity contribution in [1.29, 1.82) is 0 Å². The van der Waals surface area contributed by atoms with Gasteiger partial charge >= 0.3 is 11.6 Å². The third-order valence-corrected chi connectivity index (χ3v) is 37.5. The first kappa shape index (κ1) is 100. The molecule has 8 fully saturated rings. The van der Waals surface area contributed by atoms with Gasteiger partial charge in [0.2, 0.25) is 45.2 Å². The van der Waals surface area contributed by atoms with Gasteiger partial charge in [-0.05, 0) is 292 Å². The van der Waals surface area contributed by atoms with Crippen molar-refractivity contribution in [1.82, 2.24) is 36.2 Å². The summed E-state index contributed by atoms with van der Waals surface area (Å²) in [6.07, 6.45) is 28.0. The summed E-state index contributed by atoms with van der Waals surface area (Å²) in [5.74, 6) is 2.84. The zero-order chi connectivity index (χ0) is 95.1. The Balaban J connectivity index is 0.000000151. The number of Topliss-reactive ketones (excluding diaryl/α,β-unsaturated/α-hetero) is 3. The second-order valence-corrected chi connectivity index (χ2v) is 49.0. The first-order valence-corrected chi connectivity index (χ1v) is 57.6. The van der Waals surface area contributed by atoms with E-state index in [0.717, 1.165) is 226 Å². The van der Waals surface area contributed by atoms with E-state index in [1.807, 2.05) is 88.7 Å². The Morgan fingerprint density at radius 1 is 0.366 bits per heavy atom. The summed E-state index contributed by atoms with van der Waals surface area (Å²) in [7, 11) is -14.3. The molecule has 3 amide bonds. The van der Waals surface area contributed by atoms with Crippen molar-refractivity contribution in [3.63, 3.8) is 0 Å². The van der Waals surface area contributed by atoms with E-state index in [2.05, 4.69) is 33.9 Å². The lowest BCUT2D eigenvalue weighted by Gasteiger charge is -2.37. The number of hydrogen-bond acceptors (Lipinski definition) is 22. The smallest absolute Gasteiger partial charge is 0.335 e. The third-order valence-electron chi connectivity index (χ3n) is 30.5. The summed E-state index contributed by atoms with van der Waals surface area (Å²) in [5, 5.41) is 5.40. The number of furan rings is 1. The molecule has 8 saturated heterocycles. The van der Waals surface area contributed by atoms with Crippen LogP contribution in [0.1, 0.15) is 195 Å². The topological polar surface area (TPSA) is 356 Å². The maximum Gasteiger partial charge on any atom is 0.335 e. The predicted molar refractivity (Wildman–Crippen MR) is 520 cm³/mol. The van der Waals surface area contributed by atoms with E-state index in [1.165, 1.54) is 84.4 Å². The number of ketones is 3. The standard InChI is InChI=1S/C34H48N4O6S2.C34H48N4O4S.C30H35N3O7S2.O2S/c1-45(41,42)36-19-12-25(13-20-36)11-18-35-17-4-3-8-30(35)32(39)24-27-9-10-31-33-28(27)6-5-7-29(33)34(40)38(31)23-16-26-14-21-37(22-15-26)46(2,43)44;1-35-17-10-25(11-18-35)12-19-36-16-4-5-28(24-36)32(39)23-27-8-9-31-33-29(27)6-3-7-30(33)34(40)38(31)22-15-26-13-20-37(21-14-26)43(2,41)42;1-41(36,37)31-16-12-21(13-17-31)14-18-32-26-11-10-22(23-6-4-7-24(29(23)26)30(32)35)20-27(34)25-8-2-3-15-33(25)42(38,39)28-9-5-19-40-28;1-3-2/h5-7,9-10,25-26,30H,3-4,8,11-24H2,1-2H3;3,6-9,25-26,28H,4-5,10-24H2,1-2H3;4-7,9-11,19,21,25H,2-3,8,12-18,20H2,1H3;. The molecule has 3 unspecified atom stereocenters. The van der Waals surface area contributed by atoms with Crippen LogP contribution in [0.15, 0.2) is 119 Å². The molecule has 11 aliphatic heterocycles. The number of sulfonamides is 5. The molecule has 0 aliphatic carbocycles. The zero-order valence-electron chi connectivity index (χ0n) is 78.0. The maximum absolute atomic E-state index is 13.9. The molecule has 7 aromatic rings. The van der Waals surface area contributed by atoms with E-state index in [0.29, 0.717) is 138 Å². The second-order valence-electron chi connectivity index (χ2n) is 39.1. The predicted octanol–water partition coefficient (Wildman–Crippen LogP) is 11.4. The lowest BCUT2D eigenvalue weighted by Crippen LogP contribution is -2.48. The van der Waals surface area contributed by atoms with Crippen molar-refractivity contribution in [3.8, 4) is 0 Å². The summed E-state index contributed by atoms with van der Waals surface area (Å²) < 4.78 is 151. The van der Waals surface area contributed by atoms with E-state index in [4.69, 9.17) is 12.8 Å². The van der Waals surface area contributed by atoms with E-state index in [1.54, 1.807) is 17.8 Å². The van der Waals surface area contributed by atoms with Gasteiger partial charge in [-0.3, -0.25) is 33.7 Å². The highest BCUT2D eigenvalue weighted by Crippen LogP contribution is 2.45. The van der Waals surface area contributed by atoms with Gasteiger partial charge in [0.1, 0.15) is 5.78 Å². The molecule has 36 heteroatoms. The normalized spacial score (nSPS) is 22.1. The monoisotopic (exact) mass is 1960 g/mol. The van der Waals surface area contributed by atoms with E-state index in [-0.39, 0.29) is 59.3 Å². The largest absolute Gasteiger partial charge is 0.452 e. The van der Waals surface area contributed by atoms with Crippen molar-refractivity contribution in [2.45, 2.75) is 184 Å². The molecule has 0 N–H and O–H groups in total. The highest BCUT2D eigenvalue weighted by molar-refractivity contribution is 7.89. The van der Waals surface area contributed by atoms with Gasteiger partial charge in [0.05, 0.1) is 60.4 Å². The second kappa shape index (κ2) is 43.6. The molecule has 30 nitrogen and oxygen atoms in total. The van der Waals surface area contributed by atoms with Crippen LogP contribution < -0.4 is 14.7 Å². The van der Waals surface area contributed by atoms with E-state index in [9.17, 15) is 70.9 Å². The molecule has 134 heavy (non-hydrogen) atoms. The molecule has 18 rings (SSSR count). The third kappa shape index (κ3) is 23.4. The highest BCUT2D eigenvalue weighted by Gasteiger charge is 2.43. The molecule has 728 valence electrons. The van der Waals surface area contributed by atoms with Crippen molar-refractivity contribution >= 4 is 146 Å². The molecule has 3 atom stereocenters. The molecule has 12 heterocycles. The first-order valence-electron chi connectivity index (χ1n) is 48.1.